The zero-order chi connectivity index (χ0) is 8.81. The van der Waals surface area contributed by atoms with Crippen LogP contribution in [0.2, 0.25) is 0 Å². The van der Waals surface area contributed by atoms with E-state index in [1.54, 1.807) is 13.0 Å². The van der Waals surface area contributed by atoms with E-state index in [9.17, 15) is 4.79 Å². The summed E-state index contributed by atoms with van der Waals surface area (Å²) in [6.45, 7) is 1.55. The van der Waals surface area contributed by atoms with Crippen LogP contribution >= 0.6 is 0 Å². The minimum absolute atomic E-state index is 0.0917. The summed E-state index contributed by atoms with van der Waals surface area (Å²) in [4.78, 5) is 10.6. The molecule has 0 saturated carbocycles. The number of rotatable bonds is 2. The van der Waals surface area contributed by atoms with Crippen LogP contribution < -0.4 is 0 Å². The van der Waals surface area contributed by atoms with Crippen LogP contribution in [0, 0.1) is 5.92 Å². The predicted molar refractivity (Wildman–Crippen MR) is 50.7 cm³/mol. The molecule has 0 heterocycles. The molecule has 0 atom stereocenters. The molecule has 0 aliphatic heterocycles. The predicted octanol–water partition coefficient (Wildman–Crippen LogP) is 2.43. The quantitative estimate of drug-likeness (QED) is 0.567. The summed E-state index contributed by atoms with van der Waals surface area (Å²) < 4.78 is 0. The van der Waals surface area contributed by atoms with Gasteiger partial charge in [-0.25, -0.2) is 0 Å². The molecule has 62 valence electrons. The third-order valence-electron chi connectivity index (χ3n) is 1.55. The first-order valence-electron chi connectivity index (χ1n) is 3.99. The van der Waals surface area contributed by atoms with Crippen molar-refractivity contribution in [2.45, 2.75) is 6.92 Å². The van der Waals surface area contributed by atoms with E-state index in [0.29, 0.717) is 0 Å². The lowest BCUT2D eigenvalue weighted by molar-refractivity contribution is -0.112. The van der Waals surface area contributed by atoms with Crippen LogP contribution in [-0.4, -0.2) is 5.78 Å². The van der Waals surface area contributed by atoms with E-state index in [-0.39, 0.29) is 11.7 Å². The van der Waals surface area contributed by atoms with E-state index in [1.807, 2.05) is 42.5 Å². The van der Waals surface area contributed by atoms with Crippen molar-refractivity contribution in [1.29, 1.82) is 0 Å². The highest BCUT2D eigenvalue weighted by molar-refractivity contribution is 5.87. The molecule has 1 aliphatic rings. The maximum atomic E-state index is 10.6. The summed E-state index contributed by atoms with van der Waals surface area (Å²) in [6, 6.07) is 0. The molecule has 0 fully saturated rings. The number of hydrogen-bond donors (Lipinski definition) is 0. The monoisotopic (exact) mass is 160 g/mol. The lowest BCUT2D eigenvalue weighted by atomic mass is 10.1. The molecule has 0 aromatic heterocycles. The second-order valence-corrected chi connectivity index (χ2v) is 2.70. The number of carbonyl (C=O) groups is 1. The van der Waals surface area contributed by atoms with Gasteiger partial charge in [0.1, 0.15) is 0 Å². The molecule has 1 nitrogen and oxygen atoms in total. The molecule has 0 aromatic carbocycles. The maximum absolute atomic E-state index is 10.6. The maximum Gasteiger partial charge on any atom is 0.152 e. The molecule has 0 spiro atoms. The molecule has 1 rings (SSSR count). The topological polar surface area (TPSA) is 17.1 Å². The van der Waals surface area contributed by atoms with E-state index in [0.717, 1.165) is 0 Å². The van der Waals surface area contributed by atoms with Crippen molar-refractivity contribution in [1.82, 2.24) is 0 Å². The summed E-state index contributed by atoms with van der Waals surface area (Å²) in [5.74, 6) is 0.345. The summed E-state index contributed by atoms with van der Waals surface area (Å²) in [5.41, 5.74) is 0. The van der Waals surface area contributed by atoms with Crippen molar-refractivity contribution in [3.63, 3.8) is 0 Å². The van der Waals surface area contributed by atoms with E-state index < -0.39 is 0 Å². The van der Waals surface area contributed by atoms with Gasteiger partial charge in [0.05, 0.1) is 0 Å². The molecule has 0 aromatic rings. The van der Waals surface area contributed by atoms with Gasteiger partial charge in [0.15, 0.2) is 5.78 Å². The lowest BCUT2D eigenvalue weighted by Gasteiger charge is -1.96. The van der Waals surface area contributed by atoms with Gasteiger partial charge in [-0.05, 0) is 13.0 Å². The van der Waals surface area contributed by atoms with Gasteiger partial charge in [0.2, 0.25) is 0 Å². The van der Waals surface area contributed by atoms with Gasteiger partial charge in [-0.2, -0.15) is 0 Å². The summed E-state index contributed by atoms with van der Waals surface area (Å²) in [7, 11) is 0. The molecule has 0 radical (unpaired) electrons. The Kier molecular flexibility index (Phi) is 3.27. The minimum Gasteiger partial charge on any atom is -0.295 e. The molecule has 0 saturated heterocycles. The minimum atomic E-state index is 0.0917. The van der Waals surface area contributed by atoms with Crippen molar-refractivity contribution in [3.05, 3.63) is 48.6 Å². The van der Waals surface area contributed by atoms with Gasteiger partial charge in [-0.1, -0.05) is 42.5 Å². The normalized spacial score (nSPS) is 17.1. The highest BCUT2D eigenvalue weighted by Crippen LogP contribution is 2.06. The van der Waals surface area contributed by atoms with Crippen LogP contribution in [0.25, 0.3) is 0 Å². The van der Waals surface area contributed by atoms with Crippen LogP contribution in [0.15, 0.2) is 48.6 Å². The Morgan fingerprint density at radius 1 is 1.17 bits per heavy atom. The van der Waals surface area contributed by atoms with Gasteiger partial charge in [-0.15, -0.1) is 0 Å². The Hall–Kier alpha value is -1.37. The molecule has 12 heavy (non-hydrogen) atoms. The molecular formula is C11H12O. The fraction of sp³-hybridized carbons (Fsp3) is 0.182. The number of carbonyl (C=O) groups excluding carboxylic acids is 1. The van der Waals surface area contributed by atoms with E-state index in [4.69, 9.17) is 0 Å². The first-order valence-corrected chi connectivity index (χ1v) is 3.99. The molecule has 0 bridgehead atoms. The smallest absolute Gasteiger partial charge is 0.152 e. The van der Waals surface area contributed by atoms with Crippen molar-refractivity contribution < 1.29 is 4.79 Å². The van der Waals surface area contributed by atoms with E-state index >= 15 is 0 Å². The van der Waals surface area contributed by atoms with Crippen LogP contribution in [0.4, 0.5) is 0 Å². The Balaban J connectivity index is 2.59. The van der Waals surface area contributed by atoms with Gasteiger partial charge in [0.25, 0.3) is 0 Å². The zero-order valence-electron chi connectivity index (χ0n) is 7.10. The van der Waals surface area contributed by atoms with Crippen LogP contribution in [0.1, 0.15) is 6.92 Å². The SMILES string of the molecule is CC(=O)C=CC1C=CC=CC=C1. The third-order valence-corrected chi connectivity index (χ3v) is 1.55. The molecule has 0 amide bonds. The summed E-state index contributed by atoms with van der Waals surface area (Å²) in [6.07, 6.45) is 15.5. The third kappa shape index (κ3) is 3.15. The van der Waals surface area contributed by atoms with E-state index in [2.05, 4.69) is 0 Å². The Labute approximate surface area is 72.8 Å². The molecule has 1 heteroatoms. The second kappa shape index (κ2) is 4.50. The van der Waals surface area contributed by atoms with Gasteiger partial charge >= 0.3 is 0 Å². The number of hydrogen-bond acceptors (Lipinski definition) is 1. The number of ketones is 1. The largest absolute Gasteiger partial charge is 0.295 e. The first-order chi connectivity index (χ1) is 5.79. The van der Waals surface area contributed by atoms with Crippen LogP contribution in [0.3, 0.4) is 0 Å². The summed E-state index contributed by atoms with van der Waals surface area (Å²) >= 11 is 0. The average molecular weight is 160 g/mol. The lowest BCUT2D eigenvalue weighted by Crippen LogP contribution is -1.87. The summed E-state index contributed by atoms with van der Waals surface area (Å²) in [5, 5.41) is 0. The molecule has 1 aliphatic carbocycles. The van der Waals surface area contributed by atoms with Crippen LogP contribution in [-0.2, 0) is 4.79 Å². The number of allylic oxidation sites excluding steroid dienone is 8. The highest BCUT2D eigenvalue weighted by atomic mass is 16.1. The molecule has 0 N–H and O–H groups in total. The van der Waals surface area contributed by atoms with Gasteiger partial charge in [0, 0.05) is 5.92 Å². The Morgan fingerprint density at radius 2 is 1.75 bits per heavy atom. The fourth-order valence-corrected chi connectivity index (χ4v) is 0.952. The standard InChI is InChI=1S/C11H12O/c1-10(12)8-9-11-6-4-2-3-5-7-11/h2-9,11H,1H3. The van der Waals surface area contributed by atoms with Crippen molar-refractivity contribution in [2.75, 3.05) is 0 Å². The molecular weight excluding hydrogens is 148 g/mol. The Bertz CT molecular complexity index is 251. The van der Waals surface area contributed by atoms with Gasteiger partial charge < -0.3 is 0 Å². The Morgan fingerprint density at radius 3 is 2.25 bits per heavy atom. The first kappa shape index (κ1) is 8.72. The zero-order valence-corrected chi connectivity index (χ0v) is 7.10. The van der Waals surface area contributed by atoms with Crippen LogP contribution in [0.5, 0.6) is 0 Å². The van der Waals surface area contributed by atoms with Crippen molar-refractivity contribution in [3.8, 4) is 0 Å². The second-order valence-electron chi connectivity index (χ2n) is 2.70. The highest BCUT2D eigenvalue weighted by Gasteiger charge is 1.94. The average Bonchev–Trinajstić information content (AvgIpc) is 2.28. The van der Waals surface area contributed by atoms with Crippen molar-refractivity contribution in [2.24, 2.45) is 5.92 Å². The fourth-order valence-electron chi connectivity index (χ4n) is 0.952. The van der Waals surface area contributed by atoms with Gasteiger partial charge in [-0.3, -0.25) is 4.79 Å². The molecule has 0 unspecified atom stereocenters. The van der Waals surface area contributed by atoms with E-state index in [1.165, 1.54) is 0 Å². The van der Waals surface area contributed by atoms with Crippen molar-refractivity contribution >= 4 is 5.78 Å².